The van der Waals surface area contributed by atoms with E-state index in [1.807, 2.05) is 30.3 Å². The molecule has 0 radical (unpaired) electrons. The SMILES string of the molecule is C=C(CCCO)CCC(C#Cc1ccccc1)OC. The van der Waals surface area contributed by atoms with Gasteiger partial charge in [0.1, 0.15) is 6.10 Å². The zero-order chi connectivity index (χ0) is 13.9. The van der Waals surface area contributed by atoms with E-state index in [4.69, 9.17) is 9.84 Å². The van der Waals surface area contributed by atoms with Gasteiger partial charge in [-0.05, 0) is 37.8 Å². The zero-order valence-electron chi connectivity index (χ0n) is 11.6. The smallest absolute Gasteiger partial charge is 0.118 e. The summed E-state index contributed by atoms with van der Waals surface area (Å²) >= 11 is 0. The molecule has 0 amide bonds. The van der Waals surface area contributed by atoms with E-state index in [1.54, 1.807) is 7.11 Å². The second-order valence-electron chi connectivity index (χ2n) is 4.48. The Morgan fingerprint density at radius 3 is 2.68 bits per heavy atom. The highest BCUT2D eigenvalue weighted by atomic mass is 16.5. The molecule has 1 rings (SSSR count). The first-order valence-electron chi connectivity index (χ1n) is 6.63. The van der Waals surface area contributed by atoms with E-state index in [0.717, 1.165) is 36.8 Å². The molecule has 0 aromatic heterocycles. The molecule has 19 heavy (non-hydrogen) atoms. The molecular weight excluding hydrogens is 236 g/mol. The minimum absolute atomic E-state index is 0.0638. The summed E-state index contributed by atoms with van der Waals surface area (Å²) in [6.45, 7) is 4.22. The lowest BCUT2D eigenvalue weighted by Crippen LogP contribution is -2.07. The Morgan fingerprint density at radius 2 is 2.05 bits per heavy atom. The maximum Gasteiger partial charge on any atom is 0.118 e. The van der Waals surface area contributed by atoms with Gasteiger partial charge in [-0.1, -0.05) is 42.2 Å². The molecule has 1 aromatic carbocycles. The maximum absolute atomic E-state index is 8.76. The third-order valence-corrected chi connectivity index (χ3v) is 2.88. The molecule has 102 valence electrons. The normalized spacial score (nSPS) is 11.5. The van der Waals surface area contributed by atoms with Gasteiger partial charge in [-0.3, -0.25) is 0 Å². The Balaban J connectivity index is 2.42. The van der Waals surface area contributed by atoms with Crippen molar-refractivity contribution in [3.05, 3.63) is 48.0 Å². The summed E-state index contributed by atoms with van der Waals surface area (Å²) < 4.78 is 5.36. The van der Waals surface area contributed by atoms with Crippen LogP contribution in [0, 0.1) is 11.8 Å². The standard InChI is InChI=1S/C17H22O2/c1-15(7-6-14-18)10-12-17(19-2)13-11-16-8-4-3-5-9-16/h3-5,8-9,17-18H,1,6-7,10,12,14H2,2H3. The van der Waals surface area contributed by atoms with Crippen LogP contribution < -0.4 is 0 Å². The van der Waals surface area contributed by atoms with Gasteiger partial charge in [-0.25, -0.2) is 0 Å². The van der Waals surface area contributed by atoms with Crippen LogP contribution in [0.1, 0.15) is 31.2 Å². The lowest BCUT2D eigenvalue weighted by Gasteiger charge is -2.09. The van der Waals surface area contributed by atoms with E-state index in [0.29, 0.717) is 0 Å². The zero-order valence-corrected chi connectivity index (χ0v) is 11.6. The molecule has 0 bridgehead atoms. The van der Waals surface area contributed by atoms with E-state index < -0.39 is 0 Å². The lowest BCUT2D eigenvalue weighted by atomic mass is 10.0. The second kappa shape index (κ2) is 9.38. The van der Waals surface area contributed by atoms with Crippen LogP contribution in [0.25, 0.3) is 0 Å². The Bertz CT molecular complexity index is 426. The van der Waals surface area contributed by atoms with Crippen molar-refractivity contribution in [3.63, 3.8) is 0 Å². The van der Waals surface area contributed by atoms with Crippen LogP contribution in [0.5, 0.6) is 0 Å². The number of aliphatic hydroxyl groups excluding tert-OH is 1. The highest BCUT2D eigenvalue weighted by molar-refractivity contribution is 5.34. The largest absolute Gasteiger partial charge is 0.396 e. The van der Waals surface area contributed by atoms with Crippen LogP contribution in [-0.2, 0) is 4.74 Å². The average molecular weight is 258 g/mol. The fourth-order valence-corrected chi connectivity index (χ4v) is 1.72. The summed E-state index contributed by atoms with van der Waals surface area (Å²) in [5.41, 5.74) is 2.15. The number of ether oxygens (including phenoxy) is 1. The second-order valence-corrected chi connectivity index (χ2v) is 4.48. The number of methoxy groups -OCH3 is 1. The first-order valence-corrected chi connectivity index (χ1v) is 6.63. The van der Waals surface area contributed by atoms with Gasteiger partial charge in [0, 0.05) is 19.3 Å². The van der Waals surface area contributed by atoms with Gasteiger partial charge in [0.15, 0.2) is 0 Å². The van der Waals surface area contributed by atoms with Crippen LogP contribution >= 0.6 is 0 Å². The minimum atomic E-state index is -0.0638. The topological polar surface area (TPSA) is 29.5 Å². The van der Waals surface area contributed by atoms with Crippen LogP contribution in [0.4, 0.5) is 0 Å². The number of rotatable bonds is 7. The highest BCUT2D eigenvalue weighted by Gasteiger charge is 2.04. The number of allylic oxidation sites excluding steroid dienone is 1. The van der Waals surface area contributed by atoms with Crippen molar-refractivity contribution in [2.24, 2.45) is 0 Å². The fraction of sp³-hybridized carbons (Fsp3) is 0.412. The molecule has 0 spiro atoms. The number of hydrogen-bond donors (Lipinski definition) is 1. The fourth-order valence-electron chi connectivity index (χ4n) is 1.72. The van der Waals surface area contributed by atoms with Gasteiger partial charge < -0.3 is 9.84 Å². The first-order chi connectivity index (χ1) is 9.26. The summed E-state index contributed by atoms with van der Waals surface area (Å²) in [4.78, 5) is 0. The van der Waals surface area contributed by atoms with Crippen molar-refractivity contribution in [2.75, 3.05) is 13.7 Å². The van der Waals surface area contributed by atoms with Crippen molar-refractivity contribution in [1.82, 2.24) is 0 Å². The Kier molecular flexibility index (Phi) is 7.65. The van der Waals surface area contributed by atoms with Gasteiger partial charge in [-0.2, -0.15) is 0 Å². The van der Waals surface area contributed by atoms with Crippen molar-refractivity contribution < 1.29 is 9.84 Å². The predicted molar refractivity (Wildman–Crippen MR) is 78.8 cm³/mol. The van der Waals surface area contributed by atoms with Crippen molar-refractivity contribution in [3.8, 4) is 11.8 Å². The van der Waals surface area contributed by atoms with E-state index in [-0.39, 0.29) is 12.7 Å². The summed E-state index contributed by atoms with van der Waals surface area (Å²) in [6.07, 6.45) is 3.33. The molecule has 0 saturated carbocycles. The van der Waals surface area contributed by atoms with E-state index in [9.17, 15) is 0 Å². The molecule has 0 fully saturated rings. The molecule has 1 unspecified atom stereocenters. The van der Waals surface area contributed by atoms with E-state index in [2.05, 4.69) is 18.4 Å². The Hall–Kier alpha value is -1.56. The molecule has 0 saturated heterocycles. The number of benzene rings is 1. The molecule has 2 nitrogen and oxygen atoms in total. The summed E-state index contributed by atoms with van der Waals surface area (Å²) in [5, 5.41) is 8.76. The van der Waals surface area contributed by atoms with E-state index >= 15 is 0 Å². The van der Waals surface area contributed by atoms with Crippen molar-refractivity contribution in [2.45, 2.75) is 31.8 Å². The molecule has 0 aliphatic rings. The molecule has 1 N–H and O–H groups in total. The monoisotopic (exact) mass is 258 g/mol. The highest BCUT2D eigenvalue weighted by Crippen LogP contribution is 2.12. The maximum atomic E-state index is 8.76. The molecule has 0 aliphatic carbocycles. The van der Waals surface area contributed by atoms with Gasteiger partial charge in [-0.15, -0.1) is 0 Å². The van der Waals surface area contributed by atoms with Crippen LogP contribution in [-0.4, -0.2) is 24.9 Å². The van der Waals surface area contributed by atoms with Crippen LogP contribution in [0.3, 0.4) is 0 Å². The molecule has 1 atom stereocenters. The van der Waals surface area contributed by atoms with Gasteiger partial charge in [0.05, 0.1) is 0 Å². The van der Waals surface area contributed by atoms with E-state index in [1.165, 1.54) is 0 Å². The summed E-state index contributed by atoms with van der Waals surface area (Å²) in [7, 11) is 1.68. The molecule has 0 heterocycles. The summed E-state index contributed by atoms with van der Waals surface area (Å²) in [6, 6.07) is 9.90. The predicted octanol–water partition coefficient (Wildman–Crippen LogP) is 3.16. The number of hydrogen-bond acceptors (Lipinski definition) is 2. The van der Waals surface area contributed by atoms with Crippen molar-refractivity contribution >= 4 is 0 Å². The molecular formula is C17H22O2. The number of aliphatic hydroxyl groups is 1. The third kappa shape index (κ3) is 6.81. The van der Waals surface area contributed by atoms with Gasteiger partial charge >= 0.3 is 0 Å². The van der Waals surface area contributed by atoms with Gasteiger partial charge in [0.25, 0.3) is 0 Å². The third-order valence-electron chi connectivity index (χ3n) is 2.88. The van der Waals surface area contributed by atoms with Crippen LogP contribution in [0.2, 0.25) is 0 Å². The minimum Gasteiger partial charge on any atom is -0.396 e. The molecule has 2 heteroatoms. The lowest BCUT2D eigenvalue weighted by molar-refractivity contribution is 0.141. The Labute approximate surface area is 116 Å². The van der Waals surface area contributed by atoms with Crippen LogP contribution in [0.15, 0.2) is 42.5 Å². The van der Waals surface area contributed by atoms with Crippen molar-refractivity contribution in [1.29, 1.82) is 0 Å². The quantitative estimate of drug-likeness (QED) is 0.601. The molecule has 0 aliphatic heterocycles. The summed E-state index contributed by atoms with van der Waals surface area (Å²) in [5.74, 6) is 6.25. The first kappa shape index (κ1) is 15.5. The Morgan fingerprint density at radius 1 is 1.32 bits per heavy atom. The van der Waals surface area contributed by atoms with Gasteiger partial charge in [0.2, 0.25) is 0 Å². The molecule has 1 aromatic rings. The average Bonchev–Trinajstić information content (AvgIpc) is 2.46.